The Morgan fingerprint density at radius 1 is 0.964 bits per heavy atom. The van der Waals surface area contributed by atoms with Crippen LogP contribution < -0.4 is 10.2 Å². The second-order valence-corrected chi connectivity index (χ2v) is 7.96. The third-order valence-electron chi connectivity index (χ3n) is 6.23. The molecular formula is C24H28N2O2. The van der Waals surface area contributed by atoms with Gasteiger partial charge in [0.15, 0.2) is 0 Å². The minimum absolute atomic E-state index is 0.000709. The van der Waals surface area contributed by atoms with Gasteiger partial charge in [-0.05, 0) is 67.9 Å². The Hall–Kier alpha value is -2.62. The van der Waals surface area contributed by atoms with Crippen molar-refractivity contribution < 1.29 is 9.59 Å². The van der Waals surface area contributed by atoms with Crippen molar-refractivity contribution in [3.8, 4) is 0 Å². The number of carbonyl (C=O) groups excluding carboxylic acids is 2. The highest BCUT2D eigenvalue weighted by Gasteiger charge is 2.34. The van der Waals surface area contributed by atoms with Gasteiger partial charge in [-0.15, -0.1) is 0 Å². The summed E-state index contributed by atoms with van der Waals surface area (Å²) in [6, 6.07) is 16.2. The largest absolute Gasteiger partial charge is 0.326 e. The van der Waals surface area contributed by atoms with Crippen LogP contribution in [-0.4, -0.2) is 18.4 Å². The van der Waals surface area contributed by atoms with E-state index >= 15 is 0 Å². The lowest BCUT2D eigenvalue weighted by Gasteiger charge is -2.30. The van der Waals surface area contributed by atoms with Crippen LogP contribution in [0.2, 0.25) is 0 Å². The molecule has 4 rings (SSSR count). The number of amides is 2. The summed E-state index contributed by atoms with van der Waals surface area (Å²) in [4.78, 5) is 27.6. The van der Waals surface area contributed by atoms with Gasteiger partial charge in [-0.2, -0.15) is 0 Å². The zero-order valence-electron chi connectivity index (χ0n) is 16.5. The quantitative estimate of drug-likeness (QED) is 0.849. The predicted octanol–water partition coefficient (Wildman–Crippen LogP) is 4.58. The van der Waals surface area contributed by atoms with Gasteiger partial charge in [-0.3, -0.25) is 9.59 Å². The fraction of sp³-hybridized carbons (Fsp3) is 0.417. The summed E-state index contributed by atoms with van der Waals surface area (Å²) in [7, 11) is 0. The van der Waals surface area contributed by atoms with Crippen molar-refractivity contribution in [2.75, 3.05) is 16.8 Å². The molecule has 2 aromatic carbocycles. The van der Waals surface area contributed by atoms with Crippen LogP contribution >= 0.6 is 0 Å². The molecule has 2 amide bonds. The predicted molar refractivity (Wildman–Crippen MR) is 112 cm³/mol. The minimum atomic E-state index is 0.000709. The summed E-state index contributed by atoms with van der Waals surface area (Å²) in [6.07, 6.45) is 5.09. The molecule has 1 aliphatic carbocycles. The average Bonchev–Trinajstić information content (AvgIpc) is 3.18. The fourth-order valence-electron chi connectivity index (χ4n) is 4.46. The second-order valence-electron chi connectivity index (χ2n) is 7.96. The lowest BCUT2D eigenvalue weighted by Crippen LogP contribution is -2.38. The second kappa shape index (κ2) is 8.17. The lowest BCUT2D eigenvalue weighted by molar-refractivity contribution is -0.126. The van der Waals surface area contributed by atoms with E-state index in [0.717, 1.165) is 56.4 Å². The molecule has 4 heteroatoms. The third-order valence-corrected chi connectivity index (χ3v) is 6.23. The van der Waals surface area contributed by atoms with Gasteiger partial charge in [0, 0.05) is 29.8 Å². The number of fused-ring (bicyclic) bond motifs is 1. The first kappa shape index (κ1) is 18.7. The first-order valence-corrected chi connectivity index (χ1v) is 10.4. The van der Waals surface area contributed by atoms with Gasteiger partial charge in [0.05, 0.1) is 0 Å². The molecule has 0 atom stereocenters. The Bertz CT molecular complexity index is 851. The molecule has 0 spiro atoms. The van der Waals surface area contributed by atoms with E-state index in [4.69, 9.17) is 0 Å². The Morgan fingerprint density at radius 3 is 2.36 bits per heavy atom. The van der Waals surface area contributed by atoms with Gasteiger partial charge in [0.1, 0.15) is 0 Å². The molecule has 1 aliphatic heterocycles. The van der Waals surface area contributed by atoms with Crippen molar-refractivity contribution >= 4 is 23.2 Å². The molecule has 1 N–H and O–H groups in total. The molecule has 0 saturated heterocycles. The maximum absolute atomic E-state index is 13.0. The van der Waals surface area contributed by atoms with Crippen molar-refractivity contribution in [2.45, 2.75) is 45.4 Å². The molecule has 2 aliphatic rings. The minimum Gasteiger partial charge on any atom is -0.326 e. The maximum Gasteiger partial charge on any atom is 0.230 e. The summed E-state index contributed by atoms with van der Waals surface area (Å²) in [5.74, 6) is 0.362. The molecule has 28 heavy (non-hydrogen) atoms. The maximum atomic E-state index is 13.0. The van der Waals surface area contributed by atoms with Crippen LogP contribution in [0.5, 0.6) is 0 Å². The average molecular weight is 377 g/mol. The monoisotopic (exact) mass is 376 g/mol. The van der Waals surface area contributed by atoms with E-state index in [0.29, 0.717) is 0 Å². The van der Waals surface area contributed by atoms with Crippen molar-refractivity contribution in [1.29, 1.82) is 0 Å². The number of hydrogen-bond donors (Lipinski definition) is 1. The van der Waals surface area contributed by atoms with Crippen molar-refractivity contribution in [2.24, 2.45) is 11.8 Å². The molecule has 4 nitrogen and oxygen atoms in total. The summed E-state index contributed by atoms with van der Waals surface area (Å²) in [6.45, 7) is 2.90. The summed E-state index contributed by atoms with van der Waals surface area (Å²) < 4.78 is 0. The normalized spacial score (nSPS) is 21.2. The van der Waals surface area contributed by atoms with E-state index in [1.165, 1.54) is 11.1 Å². The highest BCUT2D eigenvalue weighted by atomic mass is 16.2. The molecular weight excluding hydrogens is 348 g/mol. The molecule has 0 radical (unpaired) electrons. The number of carbonyl (C=O) groups is 2. The molecule has 1 fully saturated rings. The number of rotatable bonds is 4. The van der Waals surface area contributed by atoms with E-state index in [9.17, 15) is 9.59 Å². The zero-order chi connectivity index (χ0) is 19.5. The SMILES string of the molecule is CCc1ccc(NC(=O)C2CCC(C(=O)N3CCc4ccccc43)CC2)cc1. The van der Waals surface area contributed by atoms with E-state index in [1.807, 2.05) is 35.2 Å². The van der Waals surface area contributed by atoms with E-state index in [2.05, 4.69) is 30.4 Å². The molecule has 0 bridgehead atoms. The molecule has 1 saturated carbocycles. The van der Waals surface area contributed by atoms with Crippen LogP contribution in [0.3, 0.4) is 0 Å². The van der Waals surface area contributed by atoms with Crippen molar-refractivity contribution in [3.05, 3.63) is 59.7 Å². The number of hydrogen-bond acceptors (Lipinski definition) is 2. The smallest absolute Gasteiger partial charge is 0.230 e. The molecule has 0 aromatic heterocycles. The van der Waals surface area contributed by atoms with Gasteiger partial charge in [-0.25, -0.2) is 0 Å². The van der Waals surface area contributed by atoms with Crippen molar-refractivity contribution in [1.82, 2.24) is 0 Å². The number of anilines is 2. The first-order valence-electron chi connectivity index (χ1n) is 10.4. The van der Waals surface area contributed by atoms with Gasteiger partial charge in [0.2, 0.25) is 11.8 Å². The number of nitrogens with one attached hydrogen (secondary N) is 1. The van der Waals surface area contributed by atoms with Gasteiger partial charge in [0.25, 0.3) is 0 Å². The zero-order valence-corrected chi connectivity index (χ0v) is 16.5. The Kier molecular flexibility index (Phi) is 5.47. The molecule has 2 aromatic rings. The van der Waals surface area contributed by atoms with Crippen LogP contribution in [0.4, 0.5) is 11.4 Å². The summed E-state index contributed by atoms with van der Waals surface area (Å²) in [5, 5.41) is 3.04. The van der Waals surface area contributed by atoms with Gasteiger partial charge < -0.3 is 10.2 Å². The van der Waals surface area contributed by atoms with E-state index in [-0.39, 0.29) is 23.7 Å². The Morgan fingerprint density at radius 2 is 1.64 bits per heavy atom. The van der Waals surface area contributed by atoms with E-state index < -0.39 is 0 Å². The molecule has 146 valence electrons. The standard InChI is InChI=1S/C24H28N2O2/c1-2-17-7-13-21(14-8-17)25-23(27)19-9-11-20(12-10-19)24(28)26-16-15-18-5-3-4-6-22(18)26/h3-8,13-14,19-20H,2,9-12,15-16H2,1H3,(H,25,27). The third kappa shape index (κ3) is 3.82. The van der Waals surface area contributed by atoms with E-state index in [1.54, 1.807) is 0 Å². The van der Waals surface area contributed by atoms with Crippen LogP contribution in [-0.2, 0) is 22.4 Å². The van der Waals surface area contributed by atoms with Crippen LogP contribution in [0.15, 0.2) is 48.5 Å². The fourth-order valence-corrected chi connectivity index (χ4v) is 4.46. The lowest BCUT2D eigenvalue weighted by atomic mass is 9.81. The highest BCUT2D eigenvalue weighted by molar-refractivity contribution is 5.97. The number of benzene rings is 2. The summed E-state index contributed by atoms with van der Waals surface area (Å²) in [5.41, 5.74) is 4.45. The first-order chi connectivity index (χ1) is 13.7. The van der Waals surface area contributed by atoms with Crippen LogP contribution in [0, 0.1) is 11.8 Å². The highest BCUT2D eigenvalue weighted by Crippen LogP contribution is 2.35. The van der Waals surface area contributed by atoms with Crippen LogP contribution in [0.1, 0.15) is 43.7 Å². The molecule has 1 heterocycles. The number of para-hydroxylation sites is 1. The van der Waals surface area contributed by atoms with Gasteiger partial charge >= 0.3 is 0 Å². The van der Waals surface area contributed by atoms with Crippen molar-refractivity contribution in [3.63, 3.8) is 0 Å². The number of aryl methyl sites for hydroxylation is 1. The molecule has 0 unspecified atom stereocenters. The Balaban J connectivity index is 1.31. The Labute approximate surface area is 166 Å². The van der Waals surface area contributed by atoms with Gasteiger partial charge in [-0.1, -0.05) is 37.3 Å². The topological polar surface area (TPSA) is 49.4 Å². The number of nitrogens with zero attached hydrogens (tertiary/aromatic N) is 1. The van der Waals surface area contributed by atoms with Crippen LogP contribution in [0.25, 0.3) is 0 Å². The summed E-state index contributed by atoms with van der Waals surface area (Å²) >= 11 is 0.